The molecule has 1 fully saturated rings. The smallest absolute Gasteiger partial charge is 0.220 e. The summed E-state index contributed by atoms with van der Waals surface area (Å²) in [6, 6.07) is 10.8. The van der Waals surface area contributed by atoms with Crippen LogP contribution in [0.4, 0.5) is 5.69 Å². The molecule has 7 heteroatoms. The minimum atomic E-state index is 0.113. The van der Waals surface area contributed by atoms with E-state index >= 15 is 0 Å². The first-order chi connectivity index (χ1) is 16.4. The molecule has 0 bridgehead atoms. The SMILES string of the molecule is Cc1cccc(N2CCN(CCCCNC(=O)CCc3c(C)nc4cc(C)nn4c3C)CC2)c1. The molecule has 0 aliphatic carbocycles. The van der Waals surface area contributed by atoms with Gasteiger partial charge in [-0.05, 0) is 76.8 Å². The van der Waals surface area contributed by atoms with Crippen LogP contribution in [0.1, 0.15) is 47.5 Å². The Kier molecular flexibility index (Phi) is 7.83. The molecule has 0 radical (unpaired) electrons. The minimum Gasteiger partial charge on any atom is -0.369 e. The van der Waals surface area contributed by atoms with Gasteiger partial charge >= 0.3 is 0 Å². The van der Waals surface area contributed by atoms with Crippen LogP contribution in [0.5, 0.6) is 0 Å². The van der Waals surface area contributed by atoms with Gasteiger partial charge in [0.15, 0.2) is 5.65 Å². The molecule has 7 nitrogen and oxygen atoms in total. The molecule has 1 saturated heterocycles. The third-order valence-corrected chi connectivity index (χ3v) is 6.85. The van der Waals surface area contributed by atoms with Crippen molar-refractivity contribution >= 4 is 17.2 Å². The Bertz CT molecular complexity index is 1130. The first-order valence-corrected chi connectivity index (χ1v) is 12.5. The molecule has 3 aromatic rings. The molecule has 34 heavy (non-hydrogen) atoms. The highest BCUT2D eigenvalue weighted by molar-refractivity contribution is 5.76. The van der Waals surface area contributed by atoms with Gasteiger partial charge in [0.05, 0.1) is 5.69 Å². The molecule has 2 aromatic heterocycles. The number of amides is 1. The number of carbonyl (C=O) groups is 1. The molecule has 3 heterocycles. The monoisotopic (exact) mass is 462 g/mol. The van der Waals surface area contributed by atoms with Crippen molar-refractivity contribution in [2.24, 2.45) is 0 Å². The highest BCUT2D eigenvalue weighted by Crippen LogP contribution is 2.18. The summed E-state index contributed by atoms with van der Waals surface area (Å²) in [6.45, 7) is 14.4. The highest BCUT2D eigenvalue weighted by Gasteiger charge is 2.17. The van der Waals surface area contributed by atoms with E-state index in [9.17, 15) is 4.79 Å². The fourth-order valence-electron chi connectivity index (χ4n) is 4.87. The van der Waals surface area contributed by atoms with Crippen molar-refractivity contribution in [2.45, 2.75) is 53.4 Å². The fourth-order valence-corrected chi connectivity index (χ4v) is 4.87. The van der Waals surface area contributed by atoms with E-state index in [-0.39, 0.29) is 5.91 Å². The van der Waals surface area contributed by atoms with Crippen LogP contribution in [0.2, 0.25) is 0 Å². The van der Waals surface area contributed by atoms with Gasteiger partial charge in [0.1, 0.15) is 0 Å². The van der Waals surface area contributed by atoms with E-state index < -0.39 is 0 Å². The van der Waals surface area contributed by atoms with Crippen LogP contribution in [0.25, 0.3) is 5.65 Å². The number of benzene rings is 1. The van der Waals surface area contributed by atoms with Gasteiger partial charge in [-0.3, -0.25) is 9.69 Å². The second kappa shape index (κ2) is 11.0. The second-order valence-electron chi connectivity index (χ2n) is 9.54. The average molecular weight is 463 g/mol. The van der Waals surface area contributed by atoms with Crippen molar-refractivity contribution in [1.29, 1.82) is 0 Å². The van der Waals surface area contributed by atoms with E-state index in [4.69, 9.17) is 0 Å². The number of fused-ring (bicyclic) bond motifs is 1. The molecule has 1 aliphatic heterocycles. The number of aromatic nitrogens is 3. The number of nitrogens with one attached hydrogen (secondary N) is 1. The largest absolute Gasteiger partial charge is 0.369 e. The molecule has 1 N–H and O–H groups in total. The molecule has 1 amide bonds. The van der Waals surface area contributed by atoms with E-state index in [2.05, 4.69) is 63.3 Å². The maximum absolute atomic E-state index is 12.4. The Morgan fingerprint density at radius 2 is 1.82 bits per heavy atom. The zero-order valence-electron chi connectivity index (χ0n) is 21.1. The van der Waals surface area contributed by atoms with Crippen LogP contribution < -0.4 is 10.2 Å². The summed E-state index contributed by atoms with van der Waals surface area (Å²) in [7, 11) is 0. The molecule has 182 valence electrons. The van der Waals surface area contributed by atoms with Crippen molar-refractivity contribution in [1.82, 2.24) is 24.8 Å². The summed E-state index contributed by atoms with van der Waals surface area (Å²) in [6.07, 6.45) is 3.30. The van der Waals surface area contributed by atoms with E-state index in [0.717, 1.165) is 80.4 Å². The molecule has 0 saturated carbocycles. The van der Waals surface area contributed by atoms with E-state index in [1.165, 1.54) is 11.3 Å². The zero-order chi connectivity index (χ0) is 24.1. The number of hydrogen-bond donors (Lipinski definition) is 1. The number of aryl methyl sites for hydroxylation is 4. The van der Waals surface area contributed by atoms with Crippen LogP contribution in [0.15, 0.2) is 30.3 Å². The summed E-state index contributed by atoms with van der Waals surface area (Å²) in [5, 5.41) is 7.62. The maximum atomic E-state index is 12.4. The number of anilines is 1. The molecule has 0 atom stereocenters. The summed E-state index contributed by atoms with van der Waals surface area (Å²) in [5.41, 5.74) is 7.66. The lowest BCUT2D eigenvalue weighted by molar-refractivity contribution is -0.121. The molecule has 0 unspecified atom stereocenters. The third-order valence-electron chi connectivity index (χ3n) is 6.85. The van der Waals surface area contributed by atoms with Gasteiger partial charge in [-0.25, -0.2) is 9.50 Å². The third kappa shape index (κ3) is 5.95. The predicted octanol–water partition coefficient (Wildman–Crippen LogP) is 3.61. The van der Waals surface area contributed by atoms with Gasteiger partial charge in [-0.1, -0.05) is 12.1 Å². The fraction of sp³-hybridized carbons (Fsp3) is 0.519. The molecule has 4 rings (SSSR count). The Labute approximate surface area is 203 Å². The first-order valence-electron chi connectivity index (χ1n) is 12.5. The standard InChI is InChI=1S/C27H38N6O/c1-20-8-7-9-24(18-20)32-16-14-31(15-17-32)13-6-5-12-28-27(34)11-10-25-22(3)29-26-19-21(2)30-33(26)23(25)4/h7-9,18-19H,5-6,10-17H2,1-4H3,(H,28,34). The molecule has 0 spiro atoms. The van der Waals surface area contributed by atoms with Gasteiger partial charge in [0, 0.05) is 62.3 Å². The van der Waals surface area contributed by atoms with Crippen LogP contribution in [-0.2, 0) is 11.2 Å². The van der Waals surface area contributed by atoms with Gasteiger partial charge in [-0.2, -0.15) is 5.10 Å². The molecule has 1 aromatic carbocycles. The van der Waals surface area contributed by atoms with Crippen molar-refractivity contribution in [3.05, 3.63) is 58.5 Å². The Morgan fingerprint density at radius 1 is 1.03 bits per heavy atom. The van der Waals surface area contributed by atoms with E-state index in [1.54, 1.807) is 0 Å². The number of hydrogen-bond acceptors (Lipinski definition) is 5. The normalized spacial score (nSPS) is 14.6. The van der Waals surface area contributed by atoms with Crippen molar-refractivity contribution in [2.75, 3.05) is 44.2 Å². The summed E-state index contributed by atoms with van der Waals surface area (Å²) < 4.78 is 1.89. The van der Waals surface area contributed by atoms with Crippen molar-refractivity contribution in [3.8, 4) is 0 Å². The lowest BCUT2D eigenvalue weighted by Crippen LogP contribution is -2.46. The van der Waals surface area contributed by atoms with Crippen molar-refractivity contribution in [3.63, 3.8) is 0 Å². The maximum Gasteiger partial charge on any atom is 0.220 e. The lowest BCUT2D eigenvalue weighted by Gasteiger charge is -2.36. The Hall–Kier alpha value is -2.93. The summed E-state index contributed by atoms with van der Waals surface area (Å²) >= 11 is 0. The zero-order valence-corrected chi connectivity index (χ0v) is 21.1. The molecular weight excluding hydrogens is 424 g/mol. The lowest BCUT2D eigenvalue weighted by atomic mass is 10.1. The molecule has 1 aliphatic rings. The van der Waals surface area contributed by atoms with Crippen LogP contribution in [0.3, 0.4) is 0 Å². The van der Waals surface area contributed by atoms with Crippen LogP contribution in [-0.4, -0.2) is 64.7 Å². The van der Waals surface area contributed by atoms with Crippen LogP contribution in [0, 0.1) is 27.7 Å². The average Bonchev–Trinajstić information content (AvgIpc) is 3.19. The number of rotatable bonds is 9. The van der Waals surface area contributed by atoms with Gasteiger partial charge in [-0.15, -0.1) is 0 Å². The topological polar surface area (TPSA) is 65.8 Å². The molecular formula is C27H38N6O. The van der Waals surface area contributed by atoms with Crippen molar-refractivity contribution < 1.29 is 4.79 Å². The van der Waals surface area contributed by atoms with E-state index in [0.29, 0.717) is 12.8 Å². The number of piperazine rings is 1. The van der Waals surface area contributed by atoms with Gasteiger partial charge in [0.25, 0.3) is 0 Å². The second-order valence-corrected chi connectivity index (χ2v) is 9.54. The number of unbranched alkanes of at least 4 members (excludes halogenated alkanes) is 1. The minimum absolute atomic E-state index is 0.113. The predicted molar refractivity (Wildman–Crippen MR) is 138 cm³/mol. The van der Waals surface area contributed by atoms with Crippen LogP contribution >= 0.6 is 0 Å². The summed E-state index contributed by atoms with van der Waals surface area (Å²) in [4.78, 5) is 22.1. The summed E-state index contributed by atoms with van der Waals surface area (Å²) in [5.74, 6) is 0.113. The number of carbonyl (C=O) groups excluding carboxylic acids is 1. The Balaban J connectivity index is 1.12. The van der Waals surface area contributed by atoms with Gasteiger partial charge < -0.3 is 10.2 Å². The quantitative estimate of drug-likeness (QED) is 0.492. The first kappa shape index (κ1) is 24.2. The van der Waals surface area contributed by atoms with Gasteiger partial charge in [0.2, 0.25) is 5.91 Å². The van der Waals surface area contributed by atoms with E-state index in [1.807, 2.05) is 24.4 Å². The Morgan fingerprint density at radius 3 is 2.59 bits per heavy atom. The highest BCUT2D eigenvalue weighted by atomic mass is 16.1. The number of nitrogens with zero attached hydrogens (tertiary/aromatic N) is 5.